The third-order valence-corrected chi connectivity index (χ3v) is 4.31. The van der Waals surface area contributed by atoms with E-state index in [2.05, 4.69) is 15.1 Å². The van der Waals surface area contributed by atoms with Crippen LogP contribution in [-0.2, 0) is 32.7 Å². The van der Waals surface area contributed by atoms with E-state index in [1.54, 1.807) is 0 Å². The summed E-state index contributed by atoms with van der Waals surface area (Å²) in [5.41, 5.74) is 0. The molecule has 2 aliphatic heterocycles. The Balaban J connectivity index is 0. The molecular weight excluding hydrogens is 351 g/mol. The van der Waals surface area contributed by atoms with Gasteiger partial charge in [-0.3, -0.25) is 5.84 Å². The summed E-state index contributed by atoms with van der Waals surface area (Å²) in [6, 6.07) is 0. The fraction of sp³-hybridized carbons (Fsp3) is 0.938. The molecule has 2 rings (SSSR count). The first kappa shape index (κ1) is 25.1. The second-order valence-electron chi connectivity index (χ2n) is 5.73. The van der Waals surface area contributed by atoms with Gasteiger partial charge in [-0.25, -0.2) is 5.01 Å². The van der Waals surface area contributed by atoms with Gasteiger partial charge in [0.15, 0.2) is 0 Å². The molecule has 131 valence electrons. The van der Waals surface area contributed by atoms with Crippen LogP contribution in [0.3, 0.4) is 0 Å². The first-order chi connectivity index (χ1) is 9.78. The van der Waals surface area contributed by atoms with Gasteiger partial charge in [0.2, 0.25) is 0 Å². The summed E-state index contributed by atoms with van der Waals surface area (Å²) >= 11 is 0. The van der Waals surface area contributed by atoms with Crippen LogP contribution < -0.4 is 11.2 Å². The third-order valence-electron chi connectivity index (χ3n) is 4.31. The Labute approximate surface area is 164 Å². The largest absolute Gasteiger partial charge is 0.358 e. The van der Waals surface area contributed by atoms with Crippen LogP contribution in [0, 0.1) is 13.3 Å². The van der Waals surface area contributed by atoms with Crippen molar-refractivity contribution in [2.24, 2.45) is 11.8 Å². The van der Waals surface area contributed by atoms with E-state index < -0.39 is 0 Å². The Hall–Kier alpha value is 0.904. The number of nitrogens with zero attached hydrogens (tertiary/aromatic N) is 3. The van der Waals surface area contributed by atoms with Crippen molar-refractivity contribution in [2.45, 2.75) is 26.7 Å². The van der Waals surface area contributed by atoms with Crippen molar-refractivity contribution < 1.29 is 32.7 Å². The second kappa shape index (κ2) is 15.4. The van der Waals surface area contributed by atoms with Crippen LogP contribution in [0.15, 0.2) is 0 Å². The second-order valence-corrected chi connectivity index (χ2v) is 5.73. The maximum Gasteiger partial charge on any atom is 0.0257 e. The minimum absolute atomic E-state index is 0. The van der Waals surface area contributed by atoms with Gasteiger partial charge in [-0.15, -0.1) is 0 Å². The van der Waals surface area contributed by atoms with Crippen molar-refractivity contribution in [3.63, 3.8) is 0 Å². The summed E-state index contributed by atoms with van der Waals surface area (Å²) < 4.78 is 0. The predicted molar refractivity (Wildman–Crippen MR) is 93.1 cm³/mol. The molecule has 0 bridgehead atoms. The Morgan fingerprint density at radius 1 is 0.955 bits per heavy atom. The summed E-state index contributed by atoms with van der Waals surface area (Å²) in [6.45, 7) is 14.5. The number of piperazine rings is 1. The van der Waals surface area contributed by atoms with Gasteiger partial charge in [-0.1, -0.05) is 13.8 Å². The van der Waals surface area contributed by atoms with E-state index in [1.165, 1.54) is 39.0 Å². The standard InChI is InChI=1S/C13H29N5.C2H6.CH3.Y/c1-15-4-7-16-5-2-13(3-6-16)12-17-8-10-18(14)11-9-17;1-2;;/h13,15H,2-12,14H2,1H3;1-2H3;1H3;/q;;-1;. The maximum absolute atomic E-state index is 5.79. The first-order valence-electron chi connectivity index (χ1n) is 8.37. The molecule has 2 heterocycles. The quantitative estimate of drug-likeness (QED) is 0.540. The molecule has 2 aliphatic rings. The zero-order valence-electron chi connectivity index (χ0n) is 15.4. The Morgan fingerprint density at radius 2 is 1.50 bits per heavy atom. The topological polar surface area (TPSA) is 47.8 Å². The molecule has 0 aliphatic carbocycles. The average molecular weight is 389 g/mol. The summed E-state index contributed by atoms with van der Waals surface area (Å²) in [5, 5.41) is 5.17. The van der Waals surface area contributed by atoms with Gasteiger partial charge >= 0.3 is 0 Å². The number of hydrazine groups is 1. The van der Waals surface area contributed by atoms with Crippen LogP contribution in [0.25, 0.3) is 0 Å². The number of rotatable bonds is 5. The number of piperidine rings is 1. The number of nitrogens with one attached hydrogen (secondary N) is 1. The molecular formula is C16H38N5Y-. The molecule has 0 aromatic carbocycles. The minimum atomic E-state index is 0. The smallest absolute Gasteiger partial charge is 0.0257 e. The van der Waals surface area contributed by atoms with Crippen LogP contribution in [-0.4, -0.2) is 80.8 Å². The van der Waals surface area contributed by atoms with Gasteiger partial charge in [0, 0.05) is 78.5 Å². The molecule has 6 heteroatoms. The molecule has 0 unspecified atom stereocenters. The van der Waals surface area contributed by atoms with Gasteiger partial charge in [0.25, 0.3) is 0 Å². The first-order valence-corrected chi connectivity index (χ1v) is 8.37. The fourth-order valence-corrected chi connectivity index (χ4v) is 2.97. The number of hydrogen-bond donors (Lipinski definition) is 2. The van der Waals surface area contributed by atoms with Crippen molar-refractivity contribution in [1.82, 2.24) is 20.1 Å². The molecule has 3 N–H and O–H groups in total. The Kier molecular flexibility index (Phi) is 17.6. The minimum Gasteiger partial charge on any atom is -0.358 e. The van der Waals surface area contributed by atoms with Gasteiger partial charge < -0.3 is 22.5 Å². The molecule has 0 amide bonds. The van der Waals surface area contributed by atoms with Crippen LogP contribution in [0.4, 0.5) is 0 Å². The van der Waals surface area contributed by atoms with E-state index in [-0.39, 0.29) is 40.1 Å². The van der Waals surface area contributed by atoms with Gasteiger partial charge in [0.1, 0.15) is 0 Å². The number of likely N-dealkylation sites (N-methyl/N-ethyl adjacent to an activating group) is 1. The van der Waals surface area contributed by atoms with Crippen molar-refractivity contribution in [2.75, 3.05) is 66.0 Å². The number of likely N-dealkylation sites (tertiary alicyclic amines) is 1. The van der Waals surface area contributed by atoms with E-state index in [4.69, 9.17) is 5.84 Å². The molecule has 2 saturated heterocycles. The molecule has 1 radical (unpaired) electrons. The van der Waals surface area contributed by atoms with Crippen LogP contribution in [0.5, 0.6) is 0 Å². The SMILES string of the molecule is CC.CNCCN1CCC(CN2CCN(N)CC2)CC1.[CH3-].[Y]. The normalized spacial score (nSPS) is 21.3. The Bertz CT molecular complexity index is 227. The van der Waals surface area contributed by atoms with Crippen molar-refractivity contribution >= 4 is 0 Å². The zero-order chi connectivity index (χ0) is 14.8. The van der Waals surface area contributed by atoms with Gasteiger partial charge in [-0.05, 0) is 38.9 Å². The van der Waals surface area contributed by atoms with E-state index >= 15 is 0 Å². The Morgan fingerprint density at radius 3 is 2.00 bits per heavy atom. The molecule has 0 spiro atoms. The summed E-state index contributed by atoms with van der Waals surface area (Å²) in [4.78, 5) is 5.18. The molecule has 2 fully saturated rings. The summed E-state index contributed by atoms with van der Waals surface area (Å²) in [6.07, 6.45) is 2.74. The molecule has 0 atom stereocenters. The van der Waals surface area contributed by atoms with E-state index in [0.29, 0.717) is 0 Å². The van der Waals surface area contributed by atoms with Crippen molar-refractivity contribution in [1.29, 1.82) is 0 Å². The van der Waals surface area contributed by atoms with E-state index in [1.807, 2.05) is 25.9 Å². The molecule has 0 aromatic rings. The summed E-state index contributed by atoms with van der Waals surface area (Å²) in [5.74, 6) is 6.69. The third kappa shape index (κ3) is 9.91. The number of hydrogen-bond acceptors (Lipinski definition) is 5. The van der Waals surface area contributed by atoms with Gasteiger partial charge in [-0.2, -0.15) is 0 Å². The zero-order valence-corrected chi connectivity index (χ0v) is 18.2. The van der Waals surface area contributed by atoms with Crippen molar-refractivity contribution in [3.8, 4) is 0 Å². The van der Waals surface area contributed by atoms with Crippen LogP contribution >= 0.6 is 0 Å². The molecule has 0 aromatic heterocycles. The van der Waals surface area contributed by atoms with E-state index in [9.17, 15) is 0 Å². The predicted octanol–water partition coefficient (Wildman–Crippen LogP) is 0.883. The molecule has 22 heavy (non-hydrogen) atoms. The molecule has 5 nitrogen and oxygen atoms in total. The van der Waals surface area contributed by atoms with Crippen molar-refractivity contribution in [3.05, 3.63) is 7.43 Å². The van der Waals surface area contributed by atoms with E-state index in [0.717, 1.165) is 38.6 Å². The fourth-order valence-electron chi connectivity index (χ4n) is 2.97. The number of nitrogens with two attached hydrogens (primary N) is 1. The van der Waals surface area contributed by atoms with Crippen LogP contribution in [0.2, 0.25) is 0 Å². The van der Waals surface area contributed by atoms with Crippen LogP contribution in [0.1, 0.15) is 26.7 Å². The monoisotopic (exact) mass is 389 g/mol. The summed E-state index contributed by atoms with van der Waals surface area (Å²) in [7, 11) is 2.03. The average Bonchev–Trinajstić information content (AvgIpc) is 2.51. The maximum atomic E-state index is 5.79. The van der Waals surface area contributed by atoms with Gasteiger partial charge in [0.05, 0.1) is 0 Å². The molecule has 0 saturated carbocycles.